The molecule has 5 heteroatoms. The van der Waals surface area contributed by atoms with Crippen molar-refractivity contribution in [1.82, 2.24) is 9.97 Å². The Balaban J connectivity index is 2.41. The zero-order chi connectivity index (χ0) is 12.3. The van der Waals surface area contributed by atoms with Gasteiger partial charge < -0.3 is 5.32 Å². The molecule has 2 rings (SSSR count). The predicted molar refractivity (Wildman–Crippen MR) is 61.5 cm³/mol. The fourth-order valence-corrected chi connectivity index (χ4v) is 1.47. The molecule has 88 valence electrons. The standard InChI is InChI=1S/C12H11F2N3/c1-2-16-12-7-15-6-11(17-12)8-3-9(13)5-10(14)4-8/h3-7H,2H2,1H3,(H,16,17). The zero-order valence-corrected chi connectivity index (χ0v) is 9.24. The third kappa shape index (κ3) is 2.75. The third-order valence-corrected chi connectivity index (χ3v) is 2.15. The van der Waals surface area contributed by atoms with E-state index in [0.717, 1.165) is 6.07 Å². The first-order valence-electron chi connectivity index (χ1n) is 5.21. The number of benzene rings is 1. The first kappa shape index (κ1) is 11.4. The molecule has 0 bridgehead atoms. The van der Waals surface area contributed by atoms with Gasteiger partial charge in [0.05, 0.1) is 18.1 Å². The largest absolute Gasteiger partial charge is 0.369 e. The number of hydrogen-bond acceptors (Lipinski definition) is 3. The van der Waals surface area contributed by atoms with Crippen molar-refractivity contribution < 1.29 is 8.78 Å². The lowest BCUT2D eigenvalue weighted by molar-refractivity contribution is 0.584. The quantitative estimate of drug-likeness (QED) is 0.888. The molecule has 1 N–H and O–H groups in total. The molecule has 0 saturated heterocycles. The smallest absolute Gasteiger partial charge is 0.145 e. The van der Waals surface area contributed by atoms with E-state index in [-0.39, 0.29) is 0 Å². The molecule has 0 unspecified atom stereocenters. The molecular weight excluding hydrogens is 224 g/mol. The molecule has 1 heterocycles. The van der Waals surface area contributed by atoms with Crippen LogP contribution in [0.3, 0.4) is 0 Å². The van der Waals surface area contributed by atoms with Gasteiger partial charge in [-0.2, -0.15) is 0 Å². The summed E-state index contributed by atoms with van der Waals surface area (Å²) in [6.45, 7) is 2.63. The minimum atomic E-state index is -0.629. The number of hydrogen-bond donors (Lipinski definition) is 1. The summed E-state index contributed by atoms with van der Waals surface area (Å²) in [5.74, 6) is -0.680. The van der Waals surface area contributed by atoms with Crippen LogP contribution in [0.4, 0.5) is 14.6 Å². The van der Waals surface area contributed by atoms with Gasteiger partial charge in [0, 0.05) is 18.2 Å². The summed E-state index contributed by atoms with van der Waals surface area (Å²) in [4.78, 5) is 8.18. The van der Waals surface area contributed by atoms with E-state index >= 15 is 0 Å². The lowest BCUT2D eigenvalue weighted by Gasteiger charge is -2.05. The monoisotopic (exact) mass is 235 g/mol. The van der Waals surface area contributed by atoms with E-state index in [9.17, 15) is 8.78 Å². The van der Waals surface area contributed by atoms with Crippen LogP contribution < -0.4 is 5.32 Å². The Hall–Kier alpha value is -2.04. The molecule has 0 spiro atoms. The summed E-state index contributed by atoms with van der Waals surface area (Å²) in [6, 6.07) is 3.27. The second-order valence-electron chi connectivity index (χ2n) is 3.48. The fourth-order valence-electron chi connectivity index (χ4n) is 1.47. The number of nitrogens with one attached hydrogen (secondary N) is 1. The van der Waals surface area contributed by atoms with E-state index in [1.807, 2.05) is 6.92 Å². The van der Waals surface area contributed by atoms with Gasteiger partial charge in [-0.15, -0.1) is 0 Å². The highest BCUT2D eigenvalue weighted by Crippen LogP contribution is 2.20. The van der Waals surface area contributed by atoms with Gasteiger partial charge in [-0.3, -0.25) is 4.98 Å². The molecule has 0 amide bonds. The second kappa shape index (κ2) is 4.86. The fraction of sp³-hybridized carbons (Fsp3) is 0.167. The van der Waals surface area contributed by atoms with Crippen LogP contribution in [-0.4, -0.2) is 16.5 Å². The SMILES string of the molecule is CCNc1cncc(-c2cc(F)cc(F)c2)n1. The van der Waals surface area contributed by atoms with Crippen LogP contribution >= 0.6 is 0 Å². The van der Waals surface area contributed by atoms with Crippen LogP contribution in [0.2, 0.25) is 0 Å². The Morgan fingerprint density at radius 3 is 2.47 bits per heavy atom. The minimum Gasteiger partial charge on any atom is -0.369 e. The molecule has 0 saturated carbocycles. The predicted octanol–water partition coefficient (Wildman–Crippen LogP) is 2.85. The molecule has 1 aromatic heterocycles. The van der Waals surface area contributed by atoms with Crippen molar-refractivity contribution in [3.8, 4) is 11.3 Å². The Bertz CT molecular complexity index is 509. The average Bonchev–Trinajstić information content (AvgIpc) is 2.28. The highest BCUT2D eigenvalue weighted by Gasteiger charge is 2.05. The second-order valence-corrected chi connectivity index (χ2v) is 3.48. The summed E-state index contributed by atoms with van der Waals surface area (Å²) in [6.07, 6.45) is 3.03. The van der Waals surface area contributed by atoms with Gasteiger partial charge in [0.15, 0.2) is 0 Å². The van der Waals surface area contributed by atoms with Crippen LogP contribution in [0, 0.1) is 11.6 Å². The van der Waals surface area contributed by atoms with Gasteiger partial charge in [-0.1, -0.05) is 0 Å². The number of anilines is 1. The van der Waals surface area contributed by atoms with Crippen LogP contribution in [0.25, 0.3) is 11.3 Å². The highest BCUT2D eigenvalue weighted by molar-refractivity contribution is 5.59. The maximum absolute atomic E-state index is 13.1. The van der Waals surface area contributed by atoms with Gasteiger partial charge in [0.25, 0.3) is 0 Å². The molecular formula is C12H11F2N3. The van der Waals surface area contributed by atoms with Crippen molar-refractivity contribution in [2.24, 2.45) is 0 Å². The molecule has 0 aliphatic rings. The summed E-state index contributed by atoms with van der Waals surface area (Å²) in [5, 5.41) is 2.99. The van der Waals surface area contributed by atoms with Gasteiger partial charge in [0.2, 0.25) is 0 Å². The summed E-state index contributed by atoms with van der Waals surface area (Å²) < 4.78 is 26.1. The Morgan fingerprint density at radius 2 is 1.82 bits per heavy atom. The van der Waals surface area contributed by atoms with Crippen molar-refractivity contribution in [3.05, 3.63) is 42.2 Å². The molecule has 0 aliphatic heterocycles. The lowest BCUT2D eigenvalue weighted by Crippen LogP contribution is -2.00. The third-order valence-electron chi connectivity index (χ3n) is 2.15. The van der Waals surface area contributed by atoms with Gasteiger partial charge in [-0.25, -0.2) is 13.8 Å². The Kier molecular flexibility index (Phi) is 3.27. The van der Waals surface area contributed by atoms with E-state index < -0.39 is 11.6 Å². The Morgan fingerprint density at radius 1 is 1.12 bits per heavy atom. The molecule has 3 nitrogen and oxygen atoms in total. The molecule has 0 radical (unpaired) electrons. The van der Waals surface area contributed by atoms with E-state index in [1.54, 1.807) is 6.20 Å². The molecule has 1 aromatic carbocycles. The van der Waals surface area contributed by atoms with E-state index in [0.29, 0.717) is 23.6 Å². The van der Waals surface area contributed by atoms with E-state index in [1.165, 1.54) is 18.3 Å². The molecule has 2 aromatic rings. The average molecular weight is 235 g/mol. The normalized spacial score (nSPS) is 10.3. The van der Waals surface area contributed by atoms with Crippen LogP contribution in [-0.2, 0) is 0 Å². The van der Waals surface area contributed by atoms with Crippen molar-refractivity contribution in [2.45, 2.75) is 6.92 Å². The first-order chi connectivity index (χ1) is 8.19. The number of rotatable bonds is 3. The minimum absolute atomic E-state index is 0.370. The van der Waals surface area contributed by atoms with Crippen molar-refractivity contribution in [1.29, 1.82) is 0 Å². The van der Waals surface area contributed by atoms with E-state index in [4.69, 9.17) is 0 Å². The van der Waals surface area contributed by atoms with Crippen molar-refractivity contribution in [3.63, 3.8) is 0 Å². The van der Waals surface area contributed by atoms with Crippen LogP contribution in [0.5, 0.6) is 0 Å². The first-order valence-corrected chi connectivity index (χ1v) is 5.21. The van der Waals surface area contributed by atoms with Gasteiger partial charge >= 0.3 is 0 Å². The van der Waals surface area contributed by atoms with Crippen LogP contribution in [0.15, 0.2) is 30.6 Å². The number of aromatic nitrogens is 2. The molecule has 0 fully saturated rings. The highest BCUT2D eigenvalue weighted by atomic mass is 19.1. The van der Waals surface area contributed by atoms with Gasteiger partial charge in [0.1, 0.15) is 17.5 Å². The summed E-state index contributed by atoms with van der Waals surface area (Å²) >= 11 is 0. The maximum atomic E-state index is 13.1. The number of nitrogens with zero attached hydrogens (tertiary/aromatic N) is 2. The topological polar surface area (TPSA) is 37.8 Å². The lowest BCUT2D eigenvalue weighted by atomic mass is 10.1. The van der Waals surface area contributed by atoms with Gasteiger partial charge in [-0.05, 0) is 19.1 Å². The molecule has 0 atom stereocenters. The van der Waals surface area contributed by atoms with Crippen molar-refractivity contribution in [2.75, 3.05) is 11.9 Å². The zero-order valence-electron chi connectivity index (χ0n) is 9.24. The number of halogens is 2. The molecule has 17 heavy (non-hydrogen) atoms. The maximum Gasteiger partial charge on any atom is 0.145 e. The summed E-state index contributed by atoms with van der Waals surface area (Å²) in [7, 11) is 0. The molecule has 0 aliphatic carbocycles. The van der Waals surface area contributed by atoms with Crippen LogP contribution in [0.1, 0.15) is 6.92 Å². The Labute approximate surface area is 97.5 Å². The van der Waals surface area contributed by atoms with Crippen molar-refractivity contribution >= 4 is 5.82 Å². The van der Waals surface area contributed by atoms with E-state index in [2.05, 4.69) is 15.3 Å². The summed E-state index contributed by atoms with van der Waals surface area (Å²) in [5.41, 5.74) is 0.802.